The van der Waals surface area contributed by atoms with Gasteiger partial charge in [0, 0.05) is 7.11 Å². The van der Waals surface area contributed by atoms with Crippen LogP contribution >= 0.6 is 0 Å². The number of para-hydroxylation sites is 1. The van der Waals surface area contributed by atoms with Crippen LogP contribution in [-0.2, 0) is 9.47 Å². The van der Waals surface area contributed by atoms with Gasteiger partial charge < -0.3 is 14.9 Å². The Morgan fingerprint density at radius 2 is 2.13 bits per heavy atom. The van der Waals surface area contributed by atoms with Gasteiger partial charge in [0.1, 0.15) is 6.61 Å². The fraction of sp³-hybridized carbons (Fsp3) is 0.300. The number of anilines is 1. The second kappa shape index (κ2) is 6.00. The number of hydrogen-bond donors (Lipinski definition) is 2. The van der Waals surface area contributed by atoms with Crippen LogP contribution < -0.4 is 11.3 Å². The lowest BCUT2D eigenvalue weighted by atomic mass is 10.2. The van der Waals surface area contributed by atoms with Crippen molar-refractivity contribution in [1.82, 2.24) is 0 Å². The summed E-state index contributed by atoms with van der Waals surface area (Å²) < 4.78 is 9.72. The van der Waals surface area contributed by atoms with E-state index in [1.807, 2.05) is 0 Å². The van der Waals surface area contributed by atoms with Crippen molar-refractivity contribution in [3.05, 3.63) is 29.8 Å². The molecule has 0 saturated carbocycles. The molecule has 0 aliphatic heterocycles. The Morgan fingerprint density at radius 1 is 1.40 bits per heavy atom. The van der Waals surface area contributed by atoms with Gasteiger partial charge >= 0.3 is 5.97 Å². The largest absolute Gasteiger partial charge is 0.460 e. The summed E-state index contributed by atoms with van der Waals surface area (Å²) in [5.41, 5.74) is 3.39. The topological polar surface area (TPSA) is 73.6 Å². The van der Waals surface area contributed by atoms with Crippen LogP contribution in [0.2, 0.25) is 0 Å². The molecule has 0 heterocycles. The van der Waals surface area contributed by atoms with Gasteiger partial charge in [-0.15, -0.1) is 0 Å². The summed E-state index contributed by atoms with van der Waals surface area (Å²) >= 11 is 0. The van der Waals surface area contributed by atoms with Gasteiger partial charge in [-0.1, -0.05) is 12.1 Å². The molecule has 1 rings (SSSR count). The van der Waals surface area contributed by atoms with E-state index >= 15 is 0 Å². The molecule has 0 unspecified atom stereocenters. The van der Waals surface area contributed by atoms with Crippen molar-refractivity contribution in [2.45, 2.75) is 0 Å². The van der Waals surface area contributed by atoms with E-state index in [2.05, 4.69) is 5.43 Å². The number of nitrogen functional groups attached to an aromatic ring is 1. The number of rotatable bonds is 5. The summed E-state index contributed by atoms with van der Waals surface area (Å²) in [6, 6.07) is 6.87. The number of nitrogens with one attached hydrogen (secondary N) is 1. The van der Waals surface area contributed by atoms with Crippen LogP contribution in [0.15, 0.2) is 24.3 Å². The molecule has 0 aromatic heterocycles. The summed E-state index contributed by atoms with van der Waals surface area (Å²) in [7, 11) is 1.54. The minimum atomic E-state index is -0.416. The molecular formula is C10H14N2O3. The SMILES string of the molecule is COCCOC(=O)c1ccccc1NN. The Labute approximate surface area is 88.1 Å². The van der Waals surface area contributed by atoms with Crippen molar-refractivity contribution >= 4 is 11.7 Å². The minimum absolute atomic E-state index is 0.230. The molecule has 82 valence electrons. The zero-order valence-electron chi connectivity index (χ0n) is 8.53. The molecule has 0 bridgehead atoms. The van der Waals surface area contributed by atoms with Crippen LogP contribution in [0.3, 0.4) is 0 Å². The maximum absolute atomic E-state index is 11.5. The first-order chi connectivity index (χ1) is 7.29. The number of hydrogen-bond acceptors (Lipinski definition) is 5. The van der Waals surface area contributed by atoms with Gasteiger partial charge in [0.2, 0.25) is 0 Å². The molecule has 0 amide bonds. The number of ether oxygens (including phenoxy) is 2. The average molecular weight is 210 g/mol. The number of hydrazine groups is 1. The van der Waals surface area contributed by atoms with Crippen LogP contribution in [0, 0.1) is 0 Å². The molecule has 1 aromatic carbocycles. The van der Waals surface area contributed by atoms with Gasteiger partial charge in [-0.05, 0) is 12.1 Å². The number of esters is 1. The highest BCUT2D eigenvalue weighted by Crippen LogP contribution is 2.14. The first kappa shape index (κ1) is 11.5. The number of nitrogens with two attached hydrogens (primary N) is 1. The van der Waals surface area contributed by atoms with Crippen LogP contribution in [0.4, 0.5) is 5.69 Å². The molecule has 0 radical (unpaired) electrons. The van der Waals surface area contributed by atoms with Gasteiger partial charge in [0.25, 0.3) is 0 Å². The zero-order chi connectivity index (χ0) is 11.1. The second-order valence-corrected chi connectivity index (χ2v) is 2.82. The molecule has 0 aliphatic carbocycles. The summed E-state index contributed by atoms with van der Waals surface area (Å²) in [6.45, 7) is 0.609. The Balaban J connectivity index is 2.64. The lowest BCUT2D eigenvalue weighted by Gasteiger charge is -2.08. The average Bonchev–Trinajstić information content (AvgIpc) is 2.29. The van der Waals surface area contributed by atoms with Crippen molar-refractivity contribution in [3.63, 3.8) is 0 Å². The molecule has 3 N–H and O–H groups in total. The Morgan fingerprint density at radius 3 is 2.80 bits per heavy atom. The highest BCUT2D eigenvalue weighted by atomic mass is 16.6. The molecule has 1 aromatic rings. The van der Waals surface area contributed by atoms with E-state index in [1.54, 1.807) is 31.4 Å². The second-order valence-electron chi connectivity index (χ2n) is 2.82. The summed E-state index contributed by atoms with van der Waals surface area (Å²) in [6.07, 6.45) is 0. The van der Waals surface area contributed by atoms with Crippen LogP contribution in [0.5, 0.6) is 0 Å². The fourth-order valence-electron chi connectivity index (χ4n) is 1.08. The molecule has 0 fully saturated rings. The highest BCUT2D eigenvalue weighted by Gasteiger charge is 2.10. The van der Waals surface area contributed by atoms with E-state index in [-0.39, 0.29) is 6.61 Å². The lowest BCUT2D eigenvalue weighted by molar-refractivity contribution is 0.0389. The van der Waals surface area contributed by atoms with E-state index in [9.17, 15) is 4.79 Å². The van der Waals surface area contributed by atoms with Crippen LogP contribution in [-0.4, -0.2) is 26.3 Å². The maximum atomic E-state index is 11.5. The maximum Gasteiger partial charge on any atom is 0.340 e. The fourth-order valence-corrected chi connectivity index (χ4v) is 1.08. The molecule has 0 saturated heterocycles. The van der Waals surface area contributed by atoms with Gasteiger partial charge in [-0.25, -0.2) is 4.79 Å². The summed E-state index contributed by atoms with van der Waals surface area (Å²) in [4.78, 5) is 11.5. The number of carbonyl (C=O) groups is 1. The Hall–Kier alpha value is -1.59. The third-order valence-electron chi connectivity index (χ3n) is 1.82. The number of benzene rings is 1. The van der Waals surface area contributed by atoms with E-state index in [1.165, 1.54) is 0 Å². The standard InChI is InChI=1S/C10H14N2O3/c1-14-6-7-15-10(13)8-4-2-3-5-9(8)12-11/h2-5,12H,6-7,11H2,1H3. The monoisotopic (exact) mass is 210 g/mol. The van der Waals surface area contributed by atoms with Crippen molar-refractivity contribution in [1.29, 1.82) is 0 Å². The van der Waals surface area contributed by atoms with Crippen LogP contribution in [0.1, 0.15) is 10.4 Å². The first-order valence-electron chi connectivity index (χ1n) is 4.51. The molecule has 5 heteroatoms. The van der Waals surface area contributed by atoms with Crippen molar-refractivity contribution in [2.24, 2.45) is 5.84 Å². The van der Waals surface area contributed by atoms with E-state index in [4.69, 9.17) is 15.3 Å². The highest BCUT2D eigenvalue weighted by molar-refractivity contribution is 5.95. The molecule has 0 aliphatic rings. The predicted octanol–water partition coefficient (Wildman–Crippen LogP) is 0.775. The third-order valence-corrected chi connectivity index (χ3v) is 1.82. The van der Waals surface area contributed by atoms with Gasteiger partial charge in [0.05, 0.1) is 17.9 Å². The zero-order valence-corrected chi connectivity index (χ0v) is 8.53. The first-order valence-corrected chi connectivity index (χ1v) is 4.51. The third kappa shape index (κ3) is 3.23. The van der Waals surface area contributed by atoms with E-state index in [0.29, 0.717) is 17.9 Å². The molecule has 15 heavy (non-hydrogen) atoms. The molecular weight excluding hydrogens is 196 g/mol. The van der Waals surface area contributed by atoms with Gasteiger partial charge in [-0.3, -0.25) is 5.84 Å². The van der Waals surface area contributed by atoms with Gasteiger partial charge in [-0.2, -0.15) is 0 Å². The summed E-state index contributed by atoms with van der Waals surface area (Å²) in [5.74, 6) is 4.84. The minimum Gasteiger partial charge on any atom is -0.460 e. The van der Waals surface area contributed by atoms with E-state index in [0.717, 1.165) is 0 Å². The van der Waals surface area contributed by atoms with Crippen molar-refractivity contribution in [2.75, 3.05) is 25.7 Å². The van der Waals surface area contributed by atoms with Gasteiger partial charge in [0.15, 0.2) is 0 Å². The molecule has 0 spiro atoms. The Kier molecular flexibility index (Phi) is 4.59. The van der Waals surface area contributed by atoms with Crippen molar-refractivity contribution < 1.29 is 14.3 Å². The number of methoxy groups -OCH3 is 1. The quantitative estimate of drug-likeness (QED) is 0.325. The lowest BCUT2D eigenvalue weighted by Crippen LogP contribution is -2.15. The Bertz CT molecular complexity index is 328. The molecule has 0 atom stereocenters. The van der Waals surface area contributed by atoms with E-state index < -0.39 is 5.97 Å². The summed E-state index contributed by atoms with van der Waals surface area (Å²) in [5, 5.41) is 0. The molecule has 5 nitrogen and oxygen atoms in total. The van der Waals surface area contributed by atoms with Crippen LogP contribution in [0.25, 0.3) is 0 Å². The smallest absolute Gasteiger partial charge is 0.340 e. The normalized spacial score (nSPS) is 9.73. The number of carbonyl (C=O) groups excluding carboxylic acids is 1. The van der Waals surface area contributed by atoms with Crippen molar-refractivity contribution in [3.8, 4) is 0 Å². The predicted molar refractivity (Wildman–Crippen MR) is 56.4 cm³/mol.